The maximum atomic E-state index is 6.25. The van der Waals surface area contributed by atoms with Crippen LogP contribution in [0.1, 0.15) is 23.6 Å². The Morgan fingerprint density at radius 3 is 2.38 bits per heavy atom. The fourth-order valence-corrected chi connectivity index (χ4v) is 4.52. The minimum Gasteiger partial charge on any atom is -0.490 e. The van der Waals surface area contributed by atoms with Crippen LogP contribution in [-0.2, 0) is 19.6 Å². The molecule has 1 N–H and O–H groups in total. The van der Waals surface area contributed by atoms with Crippen LogP contribution >= 0.6 is 62.3 Å². The summed E-state index contributed by atoms with van der Waals surface area (Å²) < 4.78 is 12.7. The number of rotatable bonds is 10. The zero-order chi connectivity index (χ0) is 23.1. The van der Waals surface area contributed by atoms with Crippen LogP contribution in [-0.4, -0.2) is 13.2 Å². The van der Waals surface area contributed by atoms with Gasteiger partial charge in [0, 0.05) is 16.6 Å². The molecule has 0 unspecified atom stereocenters. The second kappa shape index (κ2) is 12.4. The van der Waals surface area contributed by atoms with Gasteiger partial charge in [-0.25, -0.2) is 0 Å². The van der Waals surface area contributed by atoms with E-state index in [0.717, 1.165) is 34.1 Å². The monoisotopic (exact) mass is 575 g/mol. The first-order valence-electron chi connectivity index (χ1n) is 10.0. The standard InChI is InChI=1S/C24H22BrCl4NO2/c1-2-31-23-11-16(13-30-8-7-17-4-5-18(26)12-21(17)28)9-19(25)24(23)32-14-15-3-6-20(27)22(29)10-15/h3-6,9-12,30H,2,7-8,13-14H2,1H3. The van der Waals surface area contributed by atoms with Gasteiger partial charge in [0.15, 0.2) is 11.5 Å². The Morgan fingerprint density at radius 2 is 1.66 bits per heavy atom. The summed E-state index contributed by atoms with van der Waals surface area (Å²) in [5.41, 5.74) is 3.05. The van der Waals surface area contributed by atoms with Crippen molar-refractivity contribution in [3.05, 3.63) is 89.8 Å². The molecule has 8 heteroatoms. The molecule has 0 heterocycles. The number of hydrogen-bond acceptors (Lipinski definition) is 3. The quantitative estimate of drug-likeness (QED) is 0.246. The van der Waals surface area contributed by atoms with Crippen molar-refractivity contribution >= 4 is 62.3 Å². The highest BCUT2D eigenvalue weighted by Crippen LogP contribution is 2.38. The molecule has 0 fully saturated rings. The maximum Gasteiger partial charge on any atom is 0.175 e. The molecule has 0 aromatic heterocycles. The Morgan fingerprint density at radius 1 is 0.844 bits per heavy atom. The van der Waals surface area contributed by atoms with E-state index in [2.05, 4.69) is 21.2 Å². The minimum absolute atomic E-state index is 0.342. The SMILES string of the molecule is CCOc1cc(CNCCc2ccc(Cl)cc2Cl)cc(Br)c1OCc1ccc(Cl)c(Cl)c1. The molecule has 0 radical (unpaired) electrons. The molecule has 3 aromatic rings. The Hall–Kier alpha value is -1.14. The molecule has 0 amide bonds. The van der Waals surface area contributed by atoms with Crippen molar-refractivity contribution in [2.24, 2.45) is 0 Å². The van der Waals surface area contributed by atoms with E-state index in [1.54, 1.807) is 18.2 Å². The summed E-state index contributed by atoms with van der Waals surface area (Å²) in [6.45, 7) is 4.27. The van der Waals surface area contributed by atoms with Crippen LogP contribution in [0.2, 0.25) is 20.1 Å². The van der Waals surface area contributed by atoms with Gasteiger partial charge in [-0.3, -0.25) is 0 Å². The van der Waals surface area contributed by atoms with Gasteiger partial charge in [0.25, 0.3) is 0 Å². The normalized spacial score (nSPS) is 10.9. The van der Waals surface area contributed by atoms with Gasteiger partial charge >= 0.3 is 0 Å². The van der Waals surface area contributed by atoms with Crippen molar-refractivity contribution in [3.8, 4) is 11.5 Å². The lowest BCUT2D eigenvalue weighted by Gasteiger charge is -2.16. The Labute approximate surface area is 217 Å². The molecule has 0 spiro atoms. The molecular weight excluding hydrogens is 556 g/mol. The van der Waals surface area contributed by atoms with Crippen molar-refractivity contribution in [1.82, 2.24) is 5.32 Å². The average Bonchev–Trinajstić information content (AvgIpc) is 2.74. The molecule has 3 nitrogen and oxygen atoms in total. The summed E-state index contributed by atoms with van der Waals surface area (Å²) in [5.74, 6) is 1.33. The number of nitrogens with one attached hydrogen (secondary N) is 1. The predicted molar refractivity (Wildman–Crippen MR) is 138 cm³/mol. The Kier molecular flexibility index (Phi) is 9.84. The summed E-state index contributed by atoms with van der Waals surface area (Å²) >= 11 is 27.9. The van der Waals surface area contributed by atoms with E-state index in [1.807, 2.05) is 37.3 Å². The molecule has 0 aliphatic rings. The third-order valence-electron chi connectivity index (χ3n) is 4.65. The molecule has 0 aliphatic carbocycles. The first-order chi connectivity index (χ1) is 15.4. The van der Waals surface area contributed by atoms with Gasteiger partial charge in [0.1, 0.15) is 6.61 Å². The van der Waals surface area contributed by atoms with E-state index in [4.69, 9.17) is 55.9 Å². The third kappa shape index (κ3) is 7.18. The molecule has 3 rings (SSSR count). The first-order valence-corrected chi connectivity index (χ1v) is 12.3. The average molecular weight is 578 g/mol. The second-order valence-corrected chi connectivity index (χ2v) is 9.55. The van der Waals surface area contributed by atoms with Crippen molar-refractivity contribution in [1.29, 1.82) is 0 Å². The zero-order valence-corrected chi connectivity index (χ0v) is 22.0. The first kappa shape index (κ1) is 25.5. The highest BCUT2D eigenvalue weighted by atomic mass is 79.9. The molecular formula is C24H22BrCl4NO2. The van der Waals surface area contributed by atoms with Gasteiger partial charge in [-0.1, -0.05) is 58.5 Å². The lowest BCUT2D eigenvalue weighted by Crippen LogP contribution is -2.17. The van der Waals surface area contributed by atoms with E-state index in [0.29, 0.717) is 51.3 Å². The smallest absolute Gasteiger partial charge is 0.175 e. The van der Waals surface area contributed by atoms with Crippen LogP contribution in [0.3, 0.4) is 0 Å². The fourth-order valence-electron chi connectivity index (χ4n) is 3.09. The van der Waals surface area contributed by atoms with Crippen molar-refractivity contribution in [2.75, 3.05) is 13.2 Å². The number of halogens is 5. The largest absolute Gasteiger partial charge is 0.490 e. The molecule has 0 bridgehead atoms. The lowest BCUT2D eigenvalue weighted by molar-refractivity contribution is 0.267. The van der Waals surface area contributed by atoms with Gasteiger partial charge in [-0.05, 0) is 88.9 Å². The van der Waals surface area contributed by atoms with Crippen LogP contribution in [0.25, 0.3) is 0 Å². The number of ether oxygens (including phenoxy) is 2. The Balaban J connectivity index is 1.63. The van der Waals surface area contributed by atoms with Crippen molar-refractivity contribution in [2.45, 2.75) is 26.5 Å². The summed E-state index contributed by atoms with van der Waals surface area (Å²) in [7, 11) is 0. The Bertz CT molecular complexity index is 1080. The highest BCUT2D eigenvalue weighted by Gasteiger charge is 2.13. The molecule has 32 heavy (non-hydrogen) atoms. The summed E-state index contributed by atoms with van der Waals surface area (Å²) in [6, 6.07) is 15.0. The van der Waals surface area contributed by atoms with Gasteiger partial charge in [0.2, 0.25) is 0 Å². The zero-order valence-electron chi connectivity index (χ0n) is 17.4. The van der Waals surface area contributed by atoms with Crippen LogP contribution in [0, 0.1) is 0 Å². The summed E-state index contributed by atoms with van der Waals surface area (Å²) in [6.07, 6.45) is 0.806. The summed E-state index contributed by atoms with van der Waals surface area (Å²) in [5, 5.41) is 5.78. The predicted octanol–water partition coefficient (Wildman–Crippen LogP) is 8.37. The van der Waals surface area contributed by atoms with E-state index in [1.165, 1.54) is 0 Å². The molecule has 0 saturated heterocycles. The molecule has 0 saturated carbocycles. The van der Waals surface area contributed by atoms with E-state index >= 15 is 0 Å². The summed E-state index contributed by atoms with van der Waals surface area (Å²) in [4.78, 5) is 0. The van der Waals surface area contributed by atoms with E-state index in [9.17, 15) is 0 Å². The number of hydrogen-bond donors (Lipinski definition) is 1. The highest BCUT2D eigenvalue weighted by molar-refractivity contribution is 9.10. The van der Waals surface area contributed by atoms with Crippen LogP contribution in [0.5, 0.6) is 11.5 Å². The maximum absolute atomic E-state index is 6.25. The van der Waals surface area contributed by atoms with E-state index < -0.39 is 0 Å². The number of benzene rings is 3. The second-order valence-electron chi connectivity index (χ2n) is 7.04. The van der Waals surface area contributed by atoms with Gasteiger partial charge in [0.05, 0.1) is 21.1 Å². The lowest BCUT2D eigenvalue weighted by atomic mass is 10.1. The van der Waals surface area contributed by atoms with Gasteiger partial charge < -0.3 is 14.8 Å². The molecule has 0 atom stereocenters. The molecule has 0 aliphatic heterocycles. The fraction of sp³-hybridized carbons (Fsp3) is 0.250. The topological polar surface area (TPSA) is 30.5 Å². The molecule has 170 valence electrons. The van der Waals surface area contributed by atoms with Crippen molar-refractivity contribution < 1.29 is 9.47 Å². The third-order valence-corrected chi connectivity index (χ3v) is 6.57. The minimum atomic E-state index is 0.342. The molecule has 3 aromatic carbocycles. The van der Waals surface area contributed by atoms with Gasteiger partial charge in [-0.15, -0.1) is 0 Å². The van der Waals surface area contributed by atoms with Crippen LogP contribution < -0.4 is 14.8 Å². The van der Waals surface area contributed by atoms with Crippen LogP contribution in [0.4, 0.5) is 0 Å². The van der Waals surface area contributed by atoms with E-state index in [-0.39, 0.29) is 0 Å². The van der Waals surface area contributed by atoms with Gasteiger partial charge in [-0.2, -0.15) is 0 Å². The van der Waals surface area contributed by atoms with Crippen molar-refractivity contribution in [3.63, 3.8) is 0 Å². The van der Waals surface area contributed by atoms with Crippen LogP contribution in [0.15, 0.2) is 53.0 Å².